The van der Waals surface area contributed by atoms with Gasteiger partial charge in [0.25, 0.3) is 0 Å². The van der Waals surface area contributed by atoms with E-state index in [2.05, 4.69) is 41.3 Å². The predicted molar refractivity (Wildman–Crippen MR) is 117 cm³/mol. The van der Waals surface area contributed by atoms with Crippen LogP contribution in [-0.2, 0) is 0 Å². The Bertz CT molecular complexity index is 855. The van der Waals surface area contributed by atoms with Crippen molar-refractivity contribution in [3.63, 3.8) is 0 Å². The number of nitrogens with two attached hydrogens (primary N) is 1. The maximum Gasteiger partial charge on any atom is 0.100 e. The van der Waals surface area contributed by atoms with Crippen molar-refractivity contribution in [2.24, 2.45) is 10.7 Å². The minimum atomic E-state index is 0.465. The molecule has 0 aliphatic rings. The summed E-state index contributed by atoms with van der Waals surface area (Å²) in [5.74, 6) is 0.693. The van der Waals surface area contributed by atoms with E-state index in [-0.39, 0.29) is 0 Å². The van der Waals surface area contributed by atoms with E-state index >= 15 is 0 Å². The van der Waals surface area contributed by atoms with Gasteiger partial charge in [-0.05, 0) is 44.3 Å². The zero-order valence-electron chi connectivity index (χ0n) is 16.1. The van der Waals surface area contributed by atoms with Crippen molar-refractivity contribution in [3.8, 4) is 0 Å². The first-order chi connectivity index (χ1) is 12.9. The molecule has 0 fully saturated rings. The van der Waals surface area contributed by atoms with E-state index in [1.54, 1.807) is 7.05 Å². The van der Waals surface area contributed by atoms with Gasteiger partial charge in [-0.2, -0.15) is 0 Å². The largest absolute Gasteiger partial charge is 0.402 e. The van der Waals surface area contributed by atoms with Crippen LogP contribution in [0.1, 0.15) is 24.5 Å². The lowest BCUT2D eigenvalue weighted by atomic mass is 9.98. The van der Waals surface area contributed by atoms with Crippen LogP contribution < -0.4 is 16.4 Å². The number of aliphatic imine (C=N–C) groups is 1. The van der Waals surface area contributed by atoms with Gasteiger partial charge in [-0.1, -0.05) is 36.4 Å². The molecule has 0 heterocycles. The Kier molecular flexibility index (Phi) is 6.94. The maximum absolute atomic E-state index is 7.38. The highest BCUT2D eigenvalue weighted by Crippen LogP contribution is 2.18. The topological polar surface area (TPSA) is 86.3 Å². The van der Waals surface area contributed by atoms with Crippen molar-refractivity contribution in [1.29, 1.82) is 5.41 Å². The number of hydrogen-bond acceptors (Lipinski definition) is 5. The summed E-state index contributed by atoms with van der Waals surface area (Å²) >= 11 is 0. The number of anilines is 2. The zero-order valence-corrected chi connectivity index (χ0v) is 16.1. The molecule has 0 saturated heterocycles. The Morgan fingerprint density at radius 2 is 1.59 bits per heavy atom. The van der Waals surface area contributed by atoms with E-state index in [9.17, 15) is 0 Å². The van der Waals surface area contributed by atoms with E-state index in [0.717, 1.165) is 28.2 Å². The standard InChI is InChI=1S/C22H27N5/c1-15-5-9-19(10-6-15)26-17(3)27-20-11-7-18(8-12-20)22(25-4)21(13-14-23)16(2)24/h5-12,14,23,26-27H,3,13,24H2,1-2,4H3/b21-16+,23-14?,25-22?. The molecule has 0 bridgehead atoms. The van der Waals surface area contributed by atoms with Crippen LogP contribution in [0, 0.1) is 12.3 Å². The van der Waals surface area contributed by atoms with Crippen LogP contribution in [0.2, 0.25) is 0 Å². The quantitative estimate of drug-likeness (QED) is 0.515. The summed E-state index contributed by atoms with van der Waals surface area (Å²) < 4.78 is 0. The molecule has 2 aromatic carbocycles. The lowest BCUT2D eigenvalue weighted by Gasteiger charge is -2.14. The van der Waals surface area contributed by atoms with Crippen molar-refractivity contribution in [2.45, 2.75) is 20.3 Å². The summed E-state index contributed by atoms with van der Waals surface area (Å²) in [6, 6.07) is 16.0. The van der Waals surface area contributed by atoms with Crippen LogP contribution >= 0.6 is 0 Å². The van der Waals surface area contributed by atoms with Gasteiger partial charge in [-0.25, -0.2) is 0 Å². The molecule has 2 aromatic rings. The third-order valence-corrected chi connectivity index (χ3v) is 4.09. The molecule has 5 heteroatoms. The minimum absolute atomic E-state index is 0.465. The molecule has 0 amide bonds. The fraction of sp³-hybridized carbons (Fsp3) is 0.182. The first-order valence-electron chi connectivity index (χ1n) is 8.76. The van der Waals surface area contributed by atoms with Crippen LogP contribution in [0.15, 0.2) is 77.2 Å². The highest BCUT2D eigenvalue weighted by atomic mass is 15.1. The first-order valence-corrected chi connectivity index (χ1v) is 8.76. The van der Waals surface area contributed by atoms with Crippen LogP contribution in [0.3, 0.4) is 0 Å². The molecule has 0 aromatic heterocycles. The second kappa shape index (κ2) is 9.38. The Hall–Kier alpha value is -3.34. The number of nitrogens with one attached hydrogen (secondary N) is 3. The summed E-state index contributed by atoms with van der Waals surface area (Å²) in [5, 5.41) is 13.9. The van der Waals surface area contributed by atoms with Crippen LogP contribution in [0.5, 0.6) is 0 Å². The number of hydrogen-bond donors (Lipinski definition) is 4. The second-order valence-electron chi connectivity index (χ2n) is 6.31. The number of benzene rings is 2. The number of allylic oxidation sites excluding steroid dienone is 2. The molecule has 0 unspecified atom stereocenters. The van der Waals surface area contributed by atoms with Crippen molar-refractivity contribution >= 4 is 23.3 Å². The normalized spacial score (nSPS) is 12.2. The molecule has 5 N–H and O–H groups in total. The van der Waals surface area contributed by atoms with E-state index in [1.807, 2.05) is 43.3 Å². The summed E-state index contributed by atoms with van der Waals surface area (Å²) in [6.45, 7) is 7.91. The molecule has 0 aliphatic carbocycles. The van der Waals surface area contributed by atoms with Gasteiger partial charge in [0.2, 0.25) is 0 Å². The maximum atomic E-state index is 7.38. The summed E-state index contributed by atoms with van der Waals surface area (Å²) in [7, 11) is 1.74. The number of nitrogens with zero attached hydrogens (tertiary/aromatic N) is 1. The first kappa shape index (κ1) is 20.0. The fourth-order valence-electron chi connectivity index (χ4n) is 2.71. The van der Waals surface area contributed by atoms with Gasteiger partial charge in [0.15, 0.2) is 0 Å². The summed E-state index contributed by atoms with van der Waals surface area (Å²) in [4.78, 5) is 4.38. The van der Waals surface area contributed by atoms with Gasteiger partial charge in [0.05, 0.1) is 5.71 Å². The van der Waals surface area contributed by atoms with Crippen molar-refractivity contribution in [2.75, 3.05) is 17.7 Å². The van der Waals surface area contributed by atoms with Crippen LogP contribution in [-0.4, -0.2) is 19.0 Å². The SMILES string of the molecule is C=C(Nc1ccc(C)cc1)Nc1ccc(C(=NC)/C(CC=N)=C(\C)N)cc1. The predicted octanol–water partition coefficient (Wildman–Crippen LogP) is 4.68. The second-order valence-corrected chi connectivity index (χ2v) is 6.31. The fourth-order valence-corrected chi connectivity index (χ4v) is 2.71. The van der Waals surface area contributed by atoms with Crippen LogP contribution in [0.25, 0.3) is 0 Å². The summed E-state index contributed by atoms with van der Waals surface area (Å²) in [5.41, 5.74) is 12.4. The lowest BCUT2D eigenvalue weighted by molar-refractivity contribution is 1.20. The molecule has 0 saturated carbocycles. The van der Waals surface area contributed by atoms with Gasteiger partial charge in [0.1, 0.15) is 5.82 Å². The molecule has 0 atom stereocenters. The third-order valence-electron chi connectivity index (χ3n) is 4.09. The minimum Gasteiger partial charge on any atom is -0.402 e. The summed E-state index contributed by atoms with van der Waals surface area (Å²) in [6.07, 6.45) is 1.81. The van der Waals surface area contributed by atoms with Crippen LogP contribution in [0.4, 0.5) is 11.4 Å². The molecule has 140 valence electrons. The molecular formula is C22H27N5. The van der Waals surface area contributed by atoms with Gasteiger partial charge in [-0.15, -0.1) is 0 Å². The van der Waals surface area contributed by atoms with Gasteiger partial charge in [-0.3, -0.25) is 4.99 Å². The average Bonchev–Trinajstić information content (AvgIpc) is 2.64. The van der Waals surface area contributed by atoms with Crippen molar-refractivity contribution in [3.05, 3.63) is 83.3 Å². The smallest absolute Gasteiger partial charge is 0.100 e. The number of rotatable bonds is 8. The molecule has 27 heavy (non-hydrogen) atoms. The van der Waals surface area contributed by atoms with Crippen molar-refractivity contribution < 1.29 is 0 Å². The molecule has 0 aliphatic heterocycles. The third kappa shape index (κ3) is 5.57. The highest BCUT2D eigenvalue weighted by Gasteiger charge is 2.11. The molecule has 0 radical (unpaired) electrons. The molecular weight excluding hydrogens is 334 g/mol. The van der Waals surface area contributed by atoms with E-state index < -0.39 is 0 Å². The molecule has 2 rings (SSSR count). The zero-order chi connectivity index (χ0) is 19.8. The Morgan fingerprint density at radius 1 is 1.07 bits per heavy atom. The van der Waals surface area contributed by atoms with Gasteiger partial charge >= 0.3 is 0 Å². The lowest BCUT2D eigenvalue weighted by Crippen LogP contribution is -2.12. The monoisotopic (exact) mass is 361 g/mol. The Balaban J connectivity index is 2.09. The van der Waals surface area contributed by atoms with E-state index in [4.69, 9.17) is 11.1 Å². The van der Waals surface area contributed by atoms with Gasteiger partial charge < -0.3 is 21.8 Å². The number of aryl methyl sites for hydroxylation is 1. The Morgan fingerprint density at radius 3 is 2.04 bits per heavy atom. The average molecular weight is 361 g/mol. The van der Waals surface area contributed by atoms with Crippen molar-refractivity contribution in [1.82, 2.24) is 0 Å². The highest BCUT2D eigenvalue weighted by molar-refractivity contribution is 6.14. The molecule has 0 spiro atoms. The Labute approximate surface area is 161 Å². The van der Waals surface area contributed by atoms with E-state index in [1.165, 1.54) is 11.8 Å². The van der Waals surface area contributed by atoms with E-state index in [0.29, 0.717) is 17.9 Å². The molecule has 5 nitrogen and oxygen atoms in total. The van der Waals surface area contributed by atoms with Gasteiger partial charge in [0, 0.05) is 41.7 Å².